The molecule has 6 N–H and O–H groups in total. The number of amides is 5. The molecule has 0 saturated carbocycles. The highest BCUT2D eigenvalue weighted by Gasteiger charge is 2.51. The molecule has 0 saturated heterocycles. The van der Waals surface area contributed by atoms with E-state index >= 15 is 0 Å². The van der Waals surface area contributed by atoms with Gasteiger partial charge in [-0.2, -0.15) is 0 Å². The molecule has 0 aliphatic carbocycles. The number of unbranched alkanes of at least 4 members (excludes halogenated alkanes) is 1. The molecular weight excluding hydrogens is 1440 g/mol. The second kappa shape index (κ2) is 46.8. The van der Waals surface area contributed by atoms with E-state index in [1.165, 1.54) is 23.9 Å². The molecule has 33 heteroatoms. The SMILES string of the molecule is C=S(C)(=O)N(CCc1c2c(nc3ccccc13)-c1cc3c(c(=O)n1C2)COC(=O)[C@@]3(CC)OC(=O)OCc1ccc(NC(=O)[C@H](CCCNC(N)=O)NC(=O)COCC(=O)NCCOCCOCCOCCOCCOCCOCCOCCOCCCC(=O)CCCC#Cc2cnc(SC)nc2)cc1)C(C)C. The molecule has 0 fully saturated rings. The van der Waals surface area contributed by atoms with Gasteiger partial charge in [-0.15, -0.1) is 0 Å². The number of rotatable bonds is 52. The Balaban J connectivity index is 0.695. The summed E-state index contributed by atoms with van der Waals surface area (Å²) < 4.78 is 83.2. The fourth-order valence-electron chi connectivity index (χ4n) is 11.6. The number of nitrogens with zero attached hydrogens (tertiary/aromatic N) is 5. The topological polar surface area (TPSA) is 385 Å². The number of aromatic nitrogens is 4. The number of thioether (sulfide) groups is 1. The molecule has 0 radical (unpaired) electrons. The zero-order valence-electron chi connectivity index (χ0n) is 62.3. The number of Topliss-reactive ketones (excluding diaryl/α,β-unsaturated/α-hetero) is 1. The van der Waals surface area contributed by atoms with Crippen LogP contribution in [0.1, 0.15) is 106 Å². The average molecular weight is 1540 g/mol. The summed E-state index contributed by atoms with van der Waals surface area (Å²) in [6.45, 7) is 11.0. The molecule has 3 atom stereocenters. The Morgan fingerprint density at radius 3 is 1.96 bits per heavy atom. The van der Waals surface area contributed by atoms with Crippen molar-refractivity contribution < 1.29 is 94.6 Å². The Morgan fingerprint density at radius 1 is 0.759 bits per heavy atom. The van der Waals surface area contributed by atoms with Gasteiger partial charge in [0.25, 0.3) is 5.56 Å². The normalized spacial score (nSPS) is 14.4. The van der Waals surface area contributed by atoms with Crippen molar-refractivity contribution >= 4 is 85.6 Å². The zero-order chi connectivity index (χ0) is 77.5. The number of urea groups is 1. The lowest BCUT2D eigenvalue weighted by atomic mass is 9.85. The molecule has 108 heavy (non-hydrogen) atoms. The molecule has 31 nitrogen and oxygen atoms in total. The summed E-state index contributed by atoms with van der Waals surface area (Å²) in [5, 5.41) is 12.0. The fraction of sp³-hybridized carbons (Fsp3) is 0.547. The summed E-state index contributed by atoms with van der Waals surface area (Å²) in [6, 6.07) is 13.6. The standard InChI is InChI=1S/C75H102N10O21S2/c1-7-75(62-45-65-68-60(48-84(65)70(90)61(62)50-104-71(75)91)58(59-18-11-12-19-63(59)83-68)25-28-85(53(2)3)108(5,6)94)106-74(93)105-49-54-21-23-56(24-22-54)81-69(89)64(20-13-26-78-72(76)92)82-67(88)52-103-51-66(87)77-27-30-96-32-34-98-36-38-100-40-42-102-44-43-101-41-39-99-37-35-97-33-31-95-29-14-17-57(86)16-10-8-9-15-55-46-79-73(107-4)80-47-55/h11-12,18-19,21-24,45-47,53,64H,5,7-8,10,13-14,16-17,20,25-44,48-52H2,1-4,6H3,(H,77,87)(H,81,89)(H,82,88)(H3,76,78,92)/t64-,75-,108?/m0/s1. The van der Waals surface area contributed by atoms with Crippen LogP contribution in [0.25, 0.3) is 22.3 Å². The van der Waals surface area contributed by atoms with Crippen LogP contribution < -0.4 is 32.6 Å². The van der Waals surface area contributed by atoms with Gasteiger partial charge in [0, 0.05) is 102 Å². The number of hydrogen-bond donors (Lipinski definition) is 5. The van der Waals surface area contributed by atoms with E-state index in [0.29, 0.717) is 164 Å². The maximum absolute atomic E-state index is 14.5. The number of pyridine rings is 2. The Bertz CT molecular complexity index is 3990. The maximum Gasteiger partial charge on any atom is 0.510 e. The lowest BCUT2D eigenvalue weighted by Gasteiger charge is -2.35. The lowest BCUT2D eigenvalue weighted by molar-refractivity contribution is -0.175. The minimum Gasteiger partial charge on any atom is -0.457 e. The summed E-state index contributed by atoms with van der Waals surface area (Å²) in [5.74, 6) is 7.55. The van der Waals surface area contributed by atoms with E-state index < -0.39 is 76.0 Å². The van der Waals surface area contributed by atoms with Gasteiger partial charge in [-0.25, -0.2) is 33.6 Å². The first-order valence-electron chi connectivity index (χ1n) is 36.1. The number of ether oxygens (including phenoxy) is 12. The average Bonchev–Trinajstić information content (AvgIpc) is 1.50. The number of ketones is 1. The molecule has 2 aliphatic rings. The van der Waals surface area contributed by atoms with Gasteiger partial charge in [0.1, 0.15) is 38.3 Å². The number of primary amides is 1. The predicted octanol–water partition coefficient (Wildman–Crippen LogP) is 5.18. The third kappa shape index (κ3) is 28.8. The monoisotopic (exact) mass is 1540 g/mol. The van der Waals surface area contributed by atoms with Crippen molar-refractivity contribution in [3.05, 3.63) is 111 Å². The van der Waals surface area contributed by atoms with E-state index in [2.05, 4.69) is 48.9 Å². The van der Waals surface area contributed by atoms with Crippen molar-refractivity contribution in [1.29, 1.82) is 0 Å². The largest absolute Gasteiger partial charge is 0.510 e. The second-order valence-corrected chi connectivity index (χ2v) is 28.5. The number of anilines is 1. The minimum absolute atomic E-state index is 0.0531. The maximum atomic E-state index is 14.5. The molecular formula is C75H102N10O21S2. The van der Waals surface area contributed by atoms with Gasteiger partial charge in [-0.05, 0) is 99.9 Å². The number of nitrogens with two attached hydrogens (primary N) is 1. The van der Waals surface area contributed by atoms with Crippen LogP contribution in [0.4, 0.5) is 15.3 Å². The van der Waals surface area contributed by atoms with E-state index in [1.807, 2.05) is 48.7 Å². The van der Waals surface area contributed by atoms with Crippen LogP contribution in [0.3, 0.4) is 0 Å². The molecule has 2 aromatic carbocycles. The van der Waals surface area contributed by atoms with Gasteiger partial charge in [0.15, 0.2) is 5.16 Å². The number of cyclic esters (lactones) is 1. The summed E-state index contributed by atoms with van der Waals surface area (Å²) in [5.41, 5.74) is 7.95. The number of nitrogens with one attached hydrogen (secondary N) is 4. The highest BCUT2D eigenvalue weighted by Crippen LogP contribution is 2.42. The Hall–Kier alpha value is -8.50. The van der Waals surface area contributed by atoms with Crippen LogP contribution in [-0.4, -0.2) is 239 Å². The molecule has 590 valence electrons. The first kappa shape index (κ1) is 86.7. The van der Waals surface area contributed by atoms with Crippen LogP contribution in [0.2, 0.25) is 0 Å². The van der Waals surface area contributed by atoms with E-state index in [4.69, 9.17) is 67.6 Å². The molecule has 5 aromatic rings. The van der Waals surface area contributed by atoms with Gasteiger partial charge < -0.3 is 88.4 Å². The summed E-state index contributed by atoms with van der Waals surface area (Å²) in [4.78, 5) is 118. The number of carbonyl (C=O) groups excluding carboxylic acids is 7. The Labute approximate surface area is 634 Å². The minimum atomic E-state index is -2.55. The third-order valence-corrected chi connectivity index (χ3v) is 19.1. The fourth-order valence-corrected chi connectivity index (χ4v) is 13.3. The summed E-state index contributed by atoms with van der Waals surface area (Å²) in [6.07, 6.45) is 9.45. The van der Waals surface area contributed by atoms with Crippen molar-refractivity contribution in [2.24, 2.45) is 5.73 Å². The molecule has 0 bridgehead atoms. The number of carbonyl (C=O) groups is 7. The predicted molar refractivity (Wildman–Crippen MR) is 403 cm³/mol. The van der Waals surface area contributed by atoms with Gasteiger partial charge >= 0.3 is 18.2 Å². The highest BCUT2D eigenvalue weighted by molar-refractivity contribution is 7.98. The van der Waals surface area contributed by atoms with Gasteiger partial charge in [-0.1, -0.05) is 60.9 Å². The quantitative estimate of drug-likeness (QED) is 0.00820. The molecule has 5 heterocycles. The van der Waals surface area contributed by atoms with E-state index in [9.17, 15) is 42.6 Å². The van der Waals surface area contributed by atoms with Crippen molar-refractivity contribution in [3.8, 4) is 23.2 Å². The first-order chi connectivity index (χ1) is 52.2. The molecule has 0 spiro atoms. The number of fused-ring (bicyclic) bond motifs is 5. The molecule has 1 unspecified atom stereocenters. The van der Waals surface area contributed by atoms with Crippen molar-refractivity contribution in [3.63, 3.8) is 0 Å². The molecule has 2 aliphatic heterocycles. The van der Waals surface area contributed by atoms with Crippen LogP contribution in [-0.2, 0) is 122 Å². The van der Waals surface area contributed by atoms with Gasteiger partial charge in [0.05, 0.1) is 134 Å². The summed E-state index contributed by atoms with van der Waals surface area (Å²) in [7, 11) is -2.55. The van der Waals surface area contributed by atoms with Gasteiger partial charge in [-0.3, -0.25) is 28.2 Å². The Kier molecular flexibility index (Phi) is 37.6. The number of benzene rings is 2. The van der Waals surface area contributed by atoms with Gasteiger partial charge in [0.2, 0.25) is 23.3 Å². The zero-order valence-corrected chi connectivity index (χ0v) is 63.9. The van der Waals surface area contributed by atoms with Crippen molar-refractivity contribution in [1.82, 2.24) is 39.8 Å². The highest BCUT2D eigenvalue weighted by atomic mass is 32.2. The van der Waals surface area contributed by atoms with Crippen LogP contribution >= 0.6 is 11.8 Å². The molecule has 5 amide bonds. The summed E-state index contributed by atoms with van der Waals surface area (Å²) >= 11 is 1.48. The Morgan fingerprint density at radius 2 is 1.36 bits per heavy atom. The van der Waals surface area contributed by atoms with Crippen molar-refractivity contribution in [2.45, 2.75) is 121 Å². The van der Waals surface area contributed by atoms with Crippen molar-refractivity contribution in [2.75, 3.05) is 156 Å². The molecule has 7 rings (SSSR count). The lowest BCUT2D eigenvalue weighted by Crippen LogP contribution is -2.47. The van der Waals surface area contributed by atoms with E-state index in [0.717, 1.165) is 28.5 Å². The smallest absolute Gasteiger partial charge is 0.457 e. The number of para-hydroxylation sites is 1. The van der Waals surface area contributed by atoms with E-state index in [1.54, 1.807) is 48.3 Å². The van der Waals surface area contributed by atoms with Crippen LogP contribution in [0.5, 0.6) is 0 Å². The van der Waals surface area contributed by atoms with E-state index in [-0.39, 0.29) is 88.3 Å². The first-order valence-corrected chi connectivity index (χ1v) is 39.4. The second-order valence-electron chi connectivity index (χ2n) is 25.3. The van der Waals surface area contributed by atoms with Crippen LogP contribution in [0, 0.1) is 11.8 Å². The number of esters is 1. The third-order valence-electron chi connectivity index (χ3n) is 17.0. The molecule has 3 aromatic heterocycles. The van der Waals surface area contributed by atoms with Crippen LogP contribution in [0.15, 0.2) is 76.9 Å². The number of hydrogen-bond acceptors (Lipinski definition) is 25.